The number of hydrogen-bond acceptors (Lipinski definition) is 6. The quantitative estimate of drug-likeness (QED) is 0.771. The Morgan fingerprint density at radius 3 is 2.43 bits per heavy atom. The molecule has 6 heteroatoms. The van der Waals surface area contributed by atoms with Crippen molar-refractivity contribution in [3.63, 3.8) is 0 Å². The van der Waals surface area contributed by atoms with Crippen molar-refractivity contribution in [3.05, 3.63) is 29.8 Å². The minimum atomic E-state index is -0.617. The molecule has 3 fully saturated rings. The Kier molecular flexibility index (Phi) is 3.82. The maximum Gasteiger partial charge on any atom is 0.187 e. The van der Waals surface area contributed by atoms with Crippen LogP contribution in [0.2, 0.25) is 0 Å². The summed E-state index contributed by atoms with van der Waals surface area (Å²) in [5.41, 5.74) is 1.05. The molecule has 5 atom stereocenters. The van der Waals surface area contributed by atoms with Crippen LogP contribution >= 0.6 is 0 Å². The molecule has 1 aromatic rings. The van der Waals surface area contributed by atoms with Crippen LogP contribution < -0.4 is 4.74 Å². The summed E-state index contributed by atoms with van der Waals surface area (Å²) >= 11 is 0. The average molecular weight is 322 g/mol. The van der Waals surface area contributed by atoms with Crippen molar-refractivity contribution in [1.82, 2.24) is 0 Å². The van der Waals surface area contributed by atoms with Gasteiger partial charge in [0.2, 0.25) is 0 Å². The highest BCUT2D eigenvalue weighted by atomic mass is 16.8. The van der Waals surface area contributed by atoms with Crippen molar-refractivity contribution in [2.75, 3.05) is 13.7 Å². The molecule has 0 bridgehead atoms. The predicted molar refractivity (Wildman–Crippen MR) is 80.0 cm³/mol. The third kappa shape index (κ3) is 3.09. The molecule has 0 N–H and O–H groups in total. The lowest BCUT2D eigenvalue weighted by Crippen LogP contribution is -2.33. The summed E-state index contributed by atoms with van der Waals surface area (Å²) in [5.74, 6) is 0.208. The first kappa shape index (κ1) is 15.4. The number of rotatable bonds is 5. The normalized spacial score (nSPS) is 37.6. The van der Waals surface area contributed by atoms with Gasteiger partial charge in [-0.15, -0.1) is 0 Å². The maximum absolute atomic E-state index is 5.99. The number of epoxide rings is 1. The molecule has 0 aromatic heterocycles. The Morgan fingerprint density at radius 1 is 1.09 bits per heavy atom. The van der Waals surface area contributed by atoms with E-state index >= 15 is 0 Å². The summed E-state index contributed by atoms with van der Waals surface area (Å²) in [4.78, 5) is 0. The first-order valence-corrected chi connectivity index (χ1v) is 7.93. The zero-order valence-corrected chi connectivity index (χ0v) is 13.6. The van der Waals surface area contributed by atoms with Crippen LogP contribution in [0.4, 0.5) is 0 Å². The highest BCUT2D eigenvalue weighted by molar-refractivity contribution is 5.26. The van der Waals surface area contributed by atoms with Gasteiger partial charge in [-0.25, -0.2) is 0 Å². The Labute approximate surface area is 135 Å². The summed E-state index contributed by atoms with van der Waals surface area (Å²) in [6, 6.07) is 7.78. The van der Waals surface area contributed by atoms with Crippen LogP contribution in [-0.2, 0) is 30.3 Å². The molecule has 1 aromatic carbocycles. The molecule has 126 valence electrons. The van der Waals surface area contributed by atoms with Crippen LogP contribution in [0, 0.1) is 0 Å². The third-order valence-electron chi connectivity index (χ3n) is 4.35. The Balaban J connectivity index is 1.41. The minimum Gasteiger partial charge on any atom is -0.497 e. The Bertz CT molecular complexity index is 553. The lowest BCUT2D eigenvalue weighted by atomic mass is 10.1. The number of methoxy groups -OCH3 is 1. The topological polar surface area (TPSA) is 58.7 Å². The van der Waals surface area contributed by atoms with Crippen molar-refractivity contribution in [2.45, 2.75) is 56.9 Å². The molecule has 0 radical (unpaired) electrons. The van der Waals surface area contributed by atoms with E-state index in [1.54, 1.807) is 7.11 Å². The van der Waals surface area contributed by atoms with E-state index in [1.165, 1.54) is 0 Å². The fraction of sp³-hybridized carbons (Fsp3) is 0.647. The summed E-state index contributed by atoms with van der Waals surface area (Å²) < 4.78 is 34.4. The smallest absolute Gasteiger partial charge is 0.187 e. The fourth-order valence-electron chi connectivity index (χ4n) is 3.17. The van der Waals surface area contributed by atoms with Gasteiger partial charge in [0.1, 0.15) is 30.2 Å². The maximum atomic E-state index is 5.99. The molecule has 0 saturated carbocycles. The molecular formula is C17H22O6. The van der Waals surface area contributed by atoms with E-state index in [-0.39, 0.29) is 24.4 Å². The second kappa shape index (κ2) is 5.72. The van der Waals surface area contributed by atoms with E-state index in [2.05, 4.69) is 0 Å². The van der Waals surface area contributed by atoms with E-state index < -0.39 is 12.1 Å². The van der Waals surface area contributed by atoms with Gasteiger partial charge in [-0.2, -0.15) is 0 Å². The van der Waals surface area contributed by atoms with Crippen molar-refractivity contribution in [3.8, 4) is 5.75 Å². The van der Waals surface area contributed by atoms with Gasteiger partial charge in [-0.05, 0) is 31.5 Å². The van der Waals surface area contributed by atoms with Crippen LogP contribution in [-0.4, -0.2) is 50.2 Å². The number of ether oxygens (including phenoxy) is 6. The molecule has 0 spiro atoms. The first-order valence-electron chi connectivity index (χ1n) is 7.93. The average Bonchev–Trinajstić information content (AvgIpc) is 3.25. The van der Waals surface area contributed by atoms with Gasteiger partial charge >= 0.3 is 0 Å². The zero-order chi connectivity index (χ0) is 16.0. The van der Waals surface area contributed by atoms with Gasteiger partial charge in [0.05, 0.1) is 20.3 Å². The van der Waals surface area contributed by atoms with Gasteiger partial charge in [-0.1, -0.05) is 12.1 Å². The highest BCUT2D eigenvalue weighted by Crippen LogP contribution is 2.42. The summed E-state index contributed by atoms with van der Waals surface area (Å²) in [5, 5.41) is 0. The van der Waals surface area contributed by atoms with Crippen LogP contribution in [0.25, 0.3) is 0 Å². The molecule has 0 unspecified atom stereocenters. The number of benzene rings is 1. The monoisotopic (exact) mass is 322 g/mol. The van der Waals surface area contributed by atoms with E-state index in [1.807, 2.05) is 38.1 Å². The molecule has 3 aliphatic rings. The van der Waals surface area contributed by atoms with E-state index in [9.17, 15) is 0 Å². The van der Waals surface area contributed by atoms with Gasteiger partial charge in [-0.3, -0.25) is 0 Å². The van der Waals surface area contributed by atoms with E-state index in [4.69, 9.17) is 28.4 Å². The first-order chi connectivity index (χ1) is 11.1. The largest absolute Gasteiger partial charge is 0.497 e. The standard InChI is InChI=1S/C17H22O6/c1-17(2)22-14-13(12-9-19-12)21-16(15(14)23-17)20-8-10-4-6-11(18-3)7-5-10/h4-7,12-16H,8-9H2,1-3H3/t12-,13+,14-,15-,16-/m0/s1. The van der Waals surface area contributed by atoms with Gasteiger partial charge in [0.25, 0.3) is 0 Å². The summed E-state index contributed by atoms with van der Waals surface area (Å²) in [6.07, 6.45) is -0.842. The fourth-order valence-corrected chi connectivity index (χ4v) is 3.17. The molecule has 3 aliphatic heterocycles. The minimum absolute atomic E-state index is 0.0922. The van der Waals surface area contributed by atoms with Crippen molar-refractivity contribution >= 4 is 0 Å². The second-order valence-electron chi connectivity index (χ2n) is 6.56. The number of fused-ring (bicyclic) bond motifs is 1. The molecule has 4 rings (SSSR count). The van der Waals surface area contributed by atoms with E-state index in [0.29, 0.717) is 13.2 Å². The molecule has 3 heterocycles. The SMILES string of the molecule is COc1ccc(CO[C@H]2O[C@H]([C@@H]3CO3)[C@@H]3OC(C)(C)O[C@H]23)cc1. The third-order valence-corrected chi connectivity index (χ3v) is 4.35. The van der Waals surface area contributed by atoms with Gasteiger partial charge in [0.15, 0.2) is 12.1 Å². The van der Waals surface area contributed by atoms with Gasteiger partial charge < -0.3 is 28.4 Å². The lowest BCUT2D eigenvalue weighted by molar-refractivity contribution is -0.238. The second-order valence-corrected chi connectivity index (χ2v) is 6.56. The van der Waals surface area contributed by atoms with E-state index in [0.717, 1.165) is 11.3 Å². The Morgan fingerprint density at radius 2 is 1.78 bits per heavy atom. The summed E-state index contributed by atoms with van der Waals surface area (Å²) in [7, 11) is 1.65. The Hall–Kier alpha value is -1.18. The zero-order valence-electron chi connectivity index (χ0n) is 13.6. The molecule has 0 amide bonds. The summed E-state index contributed by atoms with van der Waals surface area (Å²) in [6.45, 7) is 4.98. The van der Waals surface area contributed by atoms with Gasteiger partial charge in [0, 0.05) is 0 Å². The highest BCUT2D eigenvalue weighted by Gasteiger charge is 2.59. The van der Waals surface area contributed by atoms with Crippen LogP contribution in [0.1, 0.15) is 19.4 Å². The van der Waals surface area contributed by atoms with Crippen molar-refractivity contribution in [1.29, 1.82) is 0 Å². The number of hydrogen-bond donors (Lipinski definition) is 0. The van der Waals surface area contributed by atoms with Crippen LogP contribution in [0.5, 0.6) is 5.75 Å². The molecule has 0 aliphatic carbocycles. The van der Waals surface area contributed by atoms with Crippen LogP contribution in [0.15, 0.2) is 24.3 Å². The molecule has 6 nitrogen and oxygen atoms in total. The van der Waals surface area contributed by atoms with Crippen molar-refractivity contribution < 1.29 is 28.4 Å². The molecular weight excluding hydrogens is 300 g/mol. The molecule has 23 heavy (non-hydrogen) atoms. The van der Waals surface area contributed by atoms with Crippen molar-refractivity contribution in [2.24, 2.45) is 0 Å². The van der Waals surface area contributed by atoms with Crippen LogP contribution in [0.3, 0.4) is 0 Å². The molecule has 3 saturated heterocycles. The predicted octanol–water partition coefficient (Wildman–Crippen LogP) is 1.86. The lowest BCUT2D eigenvalue weighted by Gasteiger charge is -2.23.